The number of hydrogen-bond donors (Lipinski definition) is 1. The molecule has 0 aliphatic rings. The Morgan fingerprint density at radius 2 is 0.784 bits per heavy atom. The van der Waals surface area contributed by atoms with Gasteiger partial charge < -0.3 is 9.90 Å². The van der Waals surface area contributed by atoms with Crippen LogP contribution in [0.4, 0.5) is 0 Å². The zero-order chi connectivity index (χ0) is 27.5. The summed E-state index contributed by atoms with van der Waals surface area (Å²) in [6.07, 6.45) is 41.9. The molecule has 0 saturated heterocycles. The third kappa shape index (κ3) is 42.0. The lowest BCUT2D eigenvalue weighted by Gasteiger charge is -2.02. The summed E-state index contributed by atoms with van der Waals surface area (Å²) in [6.45, 7) is 4.48. The molecule has 218 valence electrons. The van der Waals surface area contributed by atoms with Crippen LogP contribution in [0.15, 0.2) is 24.3 Å². The molecule has 0 heterocycles. The van der Waals surface area contributed by atoms with E-state index in [1.165, 1.54) is 135 Å². The fraction of sp³-hybridized carbons (Fsp3) is 0.824. The summed E-state index contributed by atoms with van der Waals surface area (Å²) < 4.78 is 0. The van der Waals surface area contributed by atoms with Gasteiger partial charge in [0.05, 0.1) is 0 Å². The highest BCUT2D eigenvalue weighted by Crippen LogP contribution is 2.13. The van der Waals surface area contributed by atoms with Crippen molar-refractivity contribution in [3.05, 3.63) is 24.3 Å². The number of unbranched alkanes of at least 4 members (excludes halogenated alkanes) is 21. The predicted molar refractivity (Wildman–Crippen MR) is 163 cm³/mol. The first-order valence-electron chi connectivity index (χ1n) is 16.1. The maximum absolute atomic E-state index is 10.4. The van der Waals surface area contributed by atoms with Gasteiger partial charge >= 0.3 is 5.97 Å². The molecule has 0 radical (unpaired) electrons. The average Bonchev–Trinajstić information content (AvgIpc) is 2.89. The van der Waals surface area contributed by atoms with Gasteiger partial charge in [-0.25, -0.2) is 0 Å². The molecule has 0 rings (SSSR count). The van der Waals surface area contributed by atoms with E-state index in [0.717, 1.165) is 32.0 Å². The molecule has 0 spiro atoms. The van der Waals surface area contributed by atoms with E-state index in [9.17, 15) is 9.59 Å². The molecule has 0 aromatic rings. The molecule has 0 saturated carbocycles. The van der Waals surface area contributed by atoms with Crippen molar-refractivity contribution in [2.75, 3.05) is 0 Å². The van der Waals surface area contributed by atoms with E-state index in [4.69, 9.17) is 5.11 Å². The van der Waals surface area contributed by atoms with Gasteiger partial charge in [-0.15, -0.1) is 0 Å². The van der Waals surface area contributed by atoms with E-state index < -0.39 is 5.97 Å². The Hall–Kier alpha value is -1.38. The lowest BCUT2D eigenvalue weighted by molar-refractivity contribution is -0.137. The first kappa shape index (κ1) is 37.8. The van der Waals surface area contributed by atoms with Crippen LogP contribution in [0.5, 0.6) is 0 Å². The Balaban J connectivity index is 0. The third-order valence-corrected chi connectivity index (χ3v) is 6.74. The quantitative estimate of drug-likeness (QED) is 0.0634. The zero-order valence-electron chi connectivity index (χ0n) is 25.0. The molecular weight excluding hydrogens is 456 g/mol. The van der Waals surface area contributed by atoms with Gasteiger partial charge in [0.2, 0.25) is 0 Å². The van der Waals surface area contributed by atoms with Crippen LogP contribution in [0.3, 0.4) is 0 Å². The number of aliphatic carboxylic acids is 1. The van der Waals surface area contributed by atoms with Crippen LogP contribution in [0.1, 0.15) is 181 Å². The molecule has 0 aromatic heterocycles. The summed E-state index contributed by atoms with van der Waals surface area (Å²) in [6, 6.07) is 0. The summed E-state index contributed by atoms with van der Waals surface area (Å²) in [5.74, 6) is -0.656. The Labute approximate surface area is 232 Å². The minimum atomic E-state index is -0.656. The number of aldehydes is 1. The summed E-state index contributed by atoms with van der Waals surface area (Å²) >= 11 is 0. The summed E-state index contributed by atoms with van der Waals surface area (Å²) in [5, 5.41) is 8.54. The molecule has 1 N–H and O–H groups in total. The first-order valence-corrected chi connectivity index (χ1v) is 16.1. The molecule has 0 fully saturated rings. The smallest absolute Gasteiger partial charge is 0.303 e. The van der Waals surface area contributed by atoms with Crippen molar-refractivity contribution in [3.8, 4) is 0 Å². The maximum Gasteiger partial charge on any atom is 0.303 e. The van der Waals surface area contributed by atoms with Gasteiger partial charge in [0, 0.05) is 12.8 Å². The molecule has 0 aliphatic carbocycles. The van der Waals surface area contributed by atoms with Crippen LogP contribution in [-0.2, 0) is 9.59 Å². The second-order valence-corrected chi connectivity index (χ2v) is 10.6. The van der Waals surface area contributed by atoms with Crippen molar-refractivity contribution in [3.63, 3.8) is 0 Å². The topological polar surface area (TPSA) is 54.4 Å². The summed E-state index contributed by atoms with van der Waals surface area (Å²) in [5.41, 5.74) is 0. The zero-order valence-corrected chi connectivity index (χ0v) is 25.0. The largest absolute Gasteiger partial charge is 0.481 e. The van der Waals surface area contributed by atoms with E-state index in [0.29, 0.717) is 6.42 Å². The molecule has 3 nitrogen and oxygen atoms in total. The first-order chi connectivity index (χ1) is 18.2. The van der Waals surface area contributed by atoms with Crippen LogP contribution in [-0.4, -0.2) is 17.4 Å². The van der Waals surface area contributed by atoms with E-state index in [1.807, 2.05) is 0 Å². The lowest BCUT2D eigenvalue weighted by atomic mass is 10.0. The van der Waals surface area contributed by atoms with Gasteiger partial charge in [-0.05, 0) is 57.8 Å². The van der Waals surface area contributed by atoms with Gasteiger partial charge in [-0.1, -0.05) is 134 Å². The number of carboxylic acids is 1. The third-order valence-electron chi connectivity index (χ3n) is 6.74. The van der Waals surface area contributed by atoms with Crippen LogP contribution >= 0.6 is 0 Å². The summed E-state index contributed by atoms with van der Waals surface area (Å²) in [7, 11) is 0. The maximum atomic E-state index is 10.4. The second kappa shape index (κ2) is 36.8. The Bertz CT molecular complexity index is 495. The van der Waals surface area contributed by atoms with Crippen LogP contribution in [0.2, 0.25) is 0 Å². The monoisotopic (exact) mass is 520 g/mol. The number of rotatable bonds is 28. The molecule has 0 atom stereocenters. The van der Waals surface area contributed by atoms with E-state index in [2.05, 4.69) is 38.2 Å². The number of carboxylic acid groups (broad SMARTS) is 1. The molecule has 0 aliphatic heterocycles. The van der Waals surface area contributed by atoms with Gasteiger partial charge in [-0.2, -0.15) is 0 Å². The van der Waals surface area contributed by atoms with Gasteiger partial charge in [0.15, 0.2) is 0 Å². The second-order valence-electron chi connectivity index (χ2n) is 10.6. The fourth-order valence-corrected chi connectivity index (χ4v) is 4.28. The molecule has 37 heavy (non-hydrogen) atoms. The highest BCUT2D eigenvalue weighted by molar-refractivity contribution is 5.66. The van der Waals surface area contributed by atoms with Crippen molar-refractivity contribution in [1.29, 1.82) is 0 Å². The van der Waals surface area contributed by atoms with Gasteiger partial charge in [0.25, 0.3) is 0 Å². The van der Waals surface area contributed by atoms with E-state index in [-0.39, 0.29) is 0 Å². The fourth-order valence-electron chi connectivity index (χ4n) is 4.28. The minimum Gasteiger partial charge on any atom is -0.481 e. The number of carbonyl (C=O) groups is 2. The van der Waals surface area contributed by atoms with E-state index in [1.54, 1.807) is 0 Å². The number of allylic oxidation sites excluding steroid dienone is 4. The predicted octanol–water partition coefficient (Wildman–Crippen LogP) is 11.6. The molecule has 0 aromatic carbocycles. The van der Waals surface area contributed by atoms with E-state index >= 15 is 0 Å². The van der Waals surface area contributed by atoms with Crippen molar-refractivity contribution in [2.45, 2.75) is 181 Å². The Morgan fingerprint density at radius 1 is 0.459 bits per heavy atom. The standard InChI is InChI=1S/C20H38O2.C14H26O/c1-2-3-4-5-6-7-8-9-10-11-12-13-14-15-16-17-18-19-20(21)22;1-2-3-4-5-6-7-8-9-10-11-12-13-14-15/h5-6H,2-4,7-19H2,1H3,(H,21,22);6-7,14H,2-5,8-13H2,1H3/b6-5-;7-6-. The number of hydrogen-bond acceptors (Lipinski definition) is 2. The SMILES string of the molecule is CCCC/C=C\CCCCCCCCCCCCCC(=O)O.CCCCC/C=C\CCCCCCC=O. The van der Waals surface area contributed by atoms with Crippen molar-refractivity contribution in [2.24, 2.45) is 0 Å². The molecule has 0 unspecified atom stereocenters. The molecule has 0 amide bonds. The Kier molecular flexibility index (Phi) is 37.5. The van der Waals surface area contributed by atoms with Gasteiger partial charge in [0.1, 0.15) is 6.29 Å². The van der Waals surface area contributed by atoms with Crippen molar-refractivity contribution in [1.82, 2.24) is 0 Å². The van der Waals surface area contributed by atoms with Crippen molar-refractivity contribution >= 4 is 12.3 Å². The van der Waals surface area contributed by atoms with Crippen LogP contribution < -0.4 is 0 Å². The average molecular weight is 521 g/mol. The van der Waals surface area contributed by atoms with Crippen molar-refractivity contribution < 1.29 is 14.7 Å². The Morgan fingerprint density at radius 3 is 1.16 bits per heavy atom. The minimum absolute atomic E-state index is 0.341. The lowest BCUT2D eigenvalue weighted by Crippen LogP contribution is -1.93. The molecule has 3 heteroatoms. The van der Waals surface area contributed by atoms with Crippen LogP contribution in [0.25, 0.3) is 0 Å². The molecule has 0 bridgehead atoms. The highest BCUT2D eigenvalue weighted by atomic mass is 16.4. The van der Waals surface area contributed by atoms with Gasteiger partial charge in [-0.3, -0.25) is 4.79 Å². The highest BCUT2D eigenvalue weighted by Gasteiger charge is 1.97. The molecular formula is C34H64O3. The number of carbonyl (C=O) groups excluding carboxylic acids is 1. The summed E-state index contributed by atoms with van der Waals surface area (Å²) in [4.78, 5) is 20.4. The van der Waals surface area contributed by atoms with Crippen LogP contribution in [0, 0.1) is 0 Å². The normalized spacial score (nSPS) is 11.2.